The number of hydrazone groups is 1. The van der Waals surface area contributed by atoms with Gasteiger partial charge in [0, 0.05) is 30.1 Å². The third-order valence-corrected chi connectivity index (χ3v) is 7.16. The van der Waals surface area contributed by atoms with Crippen molar-refractivity contribution in [3.05, 3.63) is 53.0 Å². The van der Waals surface area contributed by atoms with Crippen molar-refractivity contribution < 1.29 is 17.6 Å². The molecule has 0 radical (unpaired) electrons. The summed E-state index contributed by atoms with van der Waals surface area (Å²) >= 11 is 0. The number of amides is 1. The lowest BCUT2D eigenvalue weighted by molar-refractivity contribution is 0.0600. The molecule has 7 nitrogen and oxygen atoms in total. The highest BCUT2D eigenvalue weighted by atomic mass is 32.2. The molecule has 1 aliphatic carbocycles. The van der Waals surface area contributed by atoms with Crippen molar-refractivity contribution in [2.75, 3.05) is 6.54 Å². The first kappa shape index (κ1) is 20.7. The fraction of sp³-hybridized carbons (Fsp3) is 0.455. The van der Waals surface area contributed by atoms with Crippen LogP contribution in [0.25, 0.3) is 0 Å². The Morgan fingerprint density at radius 3 is 2.67 bits per heavy atom. The summed E-state index contributed by atoms with van der Waals surface area (Å²) in [6, 6.07) is 8.33. The van der Waals surface area contributed by atoms with Crippen LogP contribution in [0.5, 0.6) is 0 Å². The van der Waals surface area contributed by atoms with Crippen molar-refractivity contribution in [3.8, 4) is 0 Å². The largest absolute Gasteiger partial charge is 0.455 e. The number of hydrogen-bond donors (Lipinski definition) is 1. The Morgan fingerprint density at radius 1 is 1.17 bits per heavy atom. The molecule has 2 heterocycles. The third-order valence-electron chi connectivity index (χ3n) is 5.94. The van der Waals surface area contributed by atoms with Crippen LogP contribution in [0.1, 0.15) is 66.5 Å². The van der Waals surface area contributed by atoms with Crippen molar-refractivity contribution in [2.45, 2.75) is 63.3 Å². The quantitative estimate of drug-likeness (QED) is 0.752. The first-order valence-electron chi connectivity index (χ1n) is 10.5. The summed E-state index contributed by atoms with van der Waals surface area (Å²) in [4.78, 5) is 17.5. The number of aryl methyl sites for hydroxylation is 1. The Labute approximate surface area is 177 Å². The number of fused-ring (bicyclic) bond motifs is 1. The Bertz CT molecular complexity index is 1070. The van der Waals surface area contributed by atoms with Crippen molar-refractivity contribution >= 4 is 21.6 Å². The van der Waals surface area contributed by atoms with Crippen molar-refractivity contribution in [2.24, 2.45) is 5.10 Å². The summed E-state index contributed by atoms with van der Waals surface area (Å²) in [7, 11) is -3.75. The van der Waals surface area contributed by atoms with Gasteiger partial charge in [-0.3, -0.25) is 4.79 Å². The molecule has 1 saturated heterocycles. The molecule has 2 aromatic rings. The van der Waals surface area contributed by atoms with Crippen LogP contribution in [-0.2, 0) is 16.4 Å². The van der Waals surface area contributed by atoms with Crippen LogP contribution in [0.2, 0.25) is 0 Å². The van der Waals surface area contributed by atoms with Crippen molar-refractivity contribution in [3.63, 3.8) is 0 Å². The summed E-state index contributed by atoms with van der Waals surface area (Å²) in [6.45, 7) is 4.67. The van der Waals surface area contributed by atoms with Crippen molar-refractivity contribution in [1.29, 1.82) is 0 Å². The molecule has 4 rings (SSSR count). The Hall–Kier alpha value is -2.61. The van der Waals surface area contributed by atoms with E-state index in [9.17, 15) is 13.2 Å². The highest BCUT2D eigenvalue weighted by Gasteiger charge is 2.32. The molecule has 1 N–H and O–H groups in total. The van der Waals surface area contributed by atoms with Crippen LogP contribution in [0.15, 0.2) is 44.7 Å². The average Bonchev–Trinajstić information content (AvgIpc) is 3.10. The predicted molar refractivity (Wildman–Crippen MR) is 114 cm³/mol. The molecule has 2 aliphatic rings. The van der Waals surface area contributed by atoms with Crippen LogP contribution in [-0.4, -0.2) is 37.5 Å². The second kappa shape index (κ2) is 8.26. The van der Waals surface area contributed by atoms with E-state index in [1.165, 1.54) is 12.1 Å². The zero-order chi connectivity index (χ0) is 21.3. The first-order chi connectivity index (χ1) is 14.4. The SMILES string of the molecule is Cc1c(C(=O)N2CCCCC2C)oc2c1/C(=N/NS(=O)(=O)c1ccccc1)CCC2. The van der Waals surface area contributed by atoms with Gasteiger partial charge in [0.25, 0.3) is 15.9 Å². The van der Waals surface area contributed by atoms with Gasteiger partial charge in [-0.05, 0) is 58.1 Å². The van der Waals surface area contributed by atoms with Gasteiger partial charge in [-0.1, -0.05) is 18.2 Å². The molecular weight excluding hydrogens is 402 g/mol. The van der Waals surface area contributed by atoms with E-state index >= 15 is 0 Å². The van der Waals surface area contributed by atoms with Crippen LogP contribution in [0.3, 0.4) is 0 Å². The number of hydrogen-bond acceptors (Lipinski definition) is 5. The van der Waals surface area contributed by atoms with Gasteiger partial charge >= 0.3 is 0 Å². The van der Waals surface area contributed by atoms with Gasteiger partial charge in [0.2, 0.25) is 0 Å². The highest BCUT2D eigenvalue weighted by Crippen LogP contribution is 2.31. The number of furan rings is 1. The first-order valence-corrected chi connectivity index (χ1v) is 11.9. The normalized spacial score (nSPS) is 20.8. The molecule has 0 saturated carbocycles. The number of nitrogens with one attached hydrogen (secondary N) is 1. The summed E-state index contributed by atoms with van der Waals surface area (Å²) in [6.07, 6.45) is 5.27. The third kappa shape index (κ3) is 3.88. The summed E-state index contributed by atoms with van der Waals surface area (Å²) < 4.78 is 31.0. The Kier molecular flexibility index (Phi) is 5.69. The lowest BCUT2D eigenvalue weighted by atomic mass is 9.93. The van der Waals surface area contributed by atoms with Gasteiger partial charge in [-0.15, -0.1) is 0 Å². The van der Waals surface area contributed by atoms with Gasteiger partial charge in [0.15, 0.2) is 5.76 Å². The molecule has 8 heteroatoms. The zero-order valence-electron chi connectivity index (χ0n) is 17.3. The Balaban J connectivity index is 1.63. The molecule has 0 bridgehead atoms. The monoisotopic (exact) mass is 429 g/mol. The van der Waals surface area contributed by atoms with Gasteiger partial charge in [-0.2, -0.15) is 18.4 Å². The van der Waals surface area contributed by atoms with E-state index < -0.39 is 10.0 Å². The van der Waals surface area contributed by atoms with Gasteiger partial charge in [0.1, 0.15) is 5.76 Å². The maximum Gasteiger partial charge on any atom is 0.290 e. The summed E-state index contributed by atoms with van der Waals surface area (Å²) in [5, 5.41) is 4.23. The number of benzene rings is 1. The Morgan fingerprint density at radius 2 is 1.93 bits per heavy atom. The van der Waals surface area contributed by atoms with E-state index in [0.717, 1.165) is 43.4 Å². The fourth-order valence-corrected chi connectivity index (χ4v) is 5.13. The molecule has 1 amide bonds. The summed E-state index contributed by atoms with van der Waals surface area (Å²) in [5.41, 5.74) is 2.12. The molecule has 160 valence electrons. The van der Waals surface area contributed by atoms with Crippen LogP contribution in [0, 0.1) is 6.92 Å². The van der Waals surface area contributed by atoms with Gasteiger partial charge in [-0.25, -0.2) is 0 Å². The molecule has 1 aromatic heterocycles. The second-order valence-electron chi connectivity index (χ2n) is 8.02. The maximum atomic E-state index is 13.1. The maximum absolute atomic E-state index is 13.1. The standard InChI is InChI=1S/C22H27N3O4S/c1-15-9-6-7-14-25(15)22(26)21-16(2)20-18(12-8-13-19(20)29-21)23-24-30(27,28)17-10-4-3-5-11-17/h3-5,10-11,15,24H,6-9,12-14H2,1-2H3/b23-18+. The number of nitrogens with zero attached hydrogens (tertiary/aromatic N) is 2. The molecule has 1 fully saturated rings. The van der Waals surface area contributed by atoms with Crippen LogP contribution in [0.4, 0.5) is 0 Å². The number of rotatable bonds is 4. The number of carbonyl (C=O) groups is 1. The molecular formula is C22H27N3O4S. The van der Waals surface area contributed by atoms with E-state index in [0.29, 0.717) is 30.1 Å². The smallest absolute Gasteiger partial charge is 0.290 e. The van der Waals surface area contributed by atoms with E-state index in [1.54, 1.807) is 18.2 Å². The minimum atomic E-state index is -3.75. The number of sulfonamides is 1. The molecule has 1 unspecified atom stereocenters. The minimum Gasteiger partial charge on any atom is -0.455 e. The van der Waals surface area contributed by atoms with E-state index in [4.69, 9.17) is 4.42 Å². The highest BCUT2D eigenvalue weighted by molar-refractivity contribution is 7.89. The minimum absolute atomic E-state index is 0.0849. The van der Waals surface area contributed by atoms with Crippen LogP contribution >= 0.6 is 0 Å². The van der Waals surface area contributed by atoms with Gasteiger partial charge in [0.05, 0.1) is 10.6 Å². The number of piperidine rings is 1. The van der Waals surface area contributed by atoms with Gasteiger partial charge < -0.3 is 9.32 Å². The lowest BCUT2D eigenvalue weighted by Gasteiger charge is -2.32. The average molecular weight is 430 g/mol. The van der Waals surface area contributed by atoms with E-state index in [1.807, 2.05) is 11.8 Å². The molecule has 1 atom stereocenters. The molecule has 0 spiro atoms. The number of likely N-dealkylation sites (tertiary alicyclic amines) is 1. The second-order valence-corrected chi connectivity index (χ2v) is 9.68. The number of carbonyl (C=O) groups excluding carboxylic acids is 1. The lowest BCUT2D eigenvalue weighted by Crippen LogP contribution is -2.42. The molecule has 30 heavy (non-hydrogen) atoms. The molecule has 1 aromatic carbocycles. The van der Waals surface area contributed by atoms with E-state index in [-0.39, 0.29) is 16.8 Å². The topological polar surface area (TPSA) is 92.0 Å². The van der Waals surface area contributed by atoms with E-state index in [2.05, 4.69) is 16.9 Å². The predicted octanol–water partition coefficient (Wildman–Crippen LogP) is 3.62. The zero-order valence-corrected chi connectivity index (χ0v) is 18.2. The van der Waals surface area contributed by atoms with Crippen molar-refractivity contribution in [1.82, 2.24) is 9.73 Å². The van der Waals surface area contributed by atoms with Crippen LogP contribution < -0.4 is 4.83 Å². The summed E-state index contributed by atoms with van der Waals surface area (Å²) in [5.74, 6) is 0.983. The molecule has 1 aliphatic heterocycles. The fourth-order valence-electron chi connectivity index (χ4n) is 4.28.